The van der Waals surface area contributed by atoms with E-state index in [1.54, 1.807) is 24.3 Å². The molecule has 0 fully saturated rings. The second kappa shape index (κ2) is 7.89. The van der Waals surface area contributed by atoms with Gasteiger partial charge in [-0.1, -0.05) is 6.07 Å². The van der Waals surface area contributed by atoms with Crippen molar-refractivity contribution in [2.75, 3.05) is 11.9 Å². The molecule has 3 aromatic rings. The van der Waals surface area contributed by atoms with Crippen molar-refractivity contribution in [2.24, 2.45) is 0 Å². The first-order valence-corrected chi connectivity index (χ1v) is 8.34. The van der Waals surface area contributed by atoms with E-state index >= 15 is 0 Å². The molecule has 0 saturated carbocycles. The summed E-state index contributed by atoms with van der Waals surface area (Å²) in [4.78, 5) is 12.1. The highest BCUT2D eigenvalue weighted by atomic mass is 16.5. The number of hydrogen-bond acceptors (Lipinski definition) is 4. The third-order valence-electron chi connectivity index (χ3n) is 3.84. The van der Waals surface area contributed by atoms with E-state index < -0.39 is 0 Å². The van der Waals surface area contributed by atoms with Gasteiger partial charge in [0.15, 0.2) is 6.61 Å². The van der Waals surface area contributed by atoms with E-state index in [0.29, 0.717) is 23.0 Å². The van der Waals surface area contributed by atoms with Crippen LogP contribution in [-0.2, 0) is 11.4 Å². The topological polar surface area (TPSA) is 71.7 Å². The van der Waals surface area contributed by atoms with Crippen LogP contribution in [0.5, 0.6) is 5.75 Å². The van der Waals surface area contributed by atoms with Gasteiger partial charge in [-0.05, 0) is 73.5 Å². The van der Waals surface area contributed by atoms with E-state index in [9.17, 15) is 4.79 Å². The van der Waals surface area contributed by atoms with Crippen LogP contribution in [0.15, 0.2) is 59.0 Å². The molecule has 0 unspecified atom stereocenters. The molecule has 0 saturated heterocycles. The zero-order valence-electron chi connectivity index (χ0n) is 14.8. The van der Waals surface area contributed by atoms with Gasteiger partial charge in [0.2, 0.25) is 0 Å². The molecule has 5 heteroatoms. The number of aliphatic hydroxyl groups excluding tert-OH is 1. The van der Waals surface area contributed by atoms with Gasteiger partial charge in [-0.25, -0.2) is 0 Å². The van der Waals surface area contributed by atoms with Crippen molar-refractivity contribution in [3.8, 4) is 17.1 Å². The van der Waals surface area contributed by atoms with Crippen molar-refractivity contribution in [3.05, 3.63) is 71.5 Å². The Morgan fingerprint density at radius 3 is 2.35 bits per heavy atom. The van der Waals surface area contributed by atoms with Crippen molar-refractivity contribution in [1.82, 2.24) is 0 Å². The number of aliphatic hydroxyl groups is 1. The molecule has 1 heterocycles. The third-order valence-corrected chi connectivity index (χ3v) is 3.84. The Hall–Kier alpha value is -3.05. The van der Waals surface area contributed by atoms with Crippen LogP contribution in [0.25, 0.3) is 11.3 Å². The van der Waals surface area contributed by atoms with E-state index in [2.05, 4.69) is 11.4 Å². The highest BCUT2D eigenvalue weighted by Gasteiger charge is 2.07. The Bertz CT molecular complexity index is 876. The highest BCUT2D eigenvalue weighted by Crippen LogP contribution is 2.24. The summed E-state index contributed by atoms with van der Waals surface area (Å²) < 4.78 is 11.0. The van der Waals surface area contributed by atoms with Crippen LogP contribution in [0.1, 0.15) is 16.9 Å². The number of aryl methyl sites for hydroxylation is 2. The minimum Gasteiger partial charge on any atom is -0.484 e. The molecular weight excluding hydrogens is 330 g/mol. The van der Waals surface area contributed by atoms with Crippen LogP contribution in [0.4, 0.5) is 5.69 Å². The molecule has 1 amide bonds. The lowest BCUT2D eigenvalue weighted by Crippen LogP contribution is -2.20. The number of rotatable bonds is 6. The maximum absolute atomic E-state index is 12.1. The van der Waals surface area contributed by atoms with Crippen LogP contribution in [0.2, 0.25) is 0 Å². The Balaban J connectivity index is 1.57. The molecule has 0 aliphatic heterocycles. The van der Waals surface area contributed by atoms with Crippen LogP contribution >= 0.6 is 0 Å². The molecular formula is C21H21NO4. The summed E-state index contributed by atoms with van der Waals surface area (Å²) in [7, 11) is 0. The van der Waals surface area contributed by atoms with Gasteiger partial charge in [0.1, 0.15) is 23.9 Å². The quantitative estimate of drug-likeness (QED) is 0.702. The average Bonchev–Trinajstić information content (AvgIpc) is 3.09. The molecule has 0 atom stereocenters. The lowest BCUT2D eigenvalue weighted by Gasteiger charge is -2.09. The normalized spacial score (nSPS) is 10.6. The largest absolute Gasteiger partial charge is 0.484 e. The first kappa shape index (κ1) is 17.8. The SMILES string of the molecule is Cc1cc(C)cc(OCC(=O)Nc2ccc(-c3ccc(CO)o3)cc2)c1. The summed E-state index contributed by atoms with van der Waals surface area (Å²) >= 11 is 0. The number of amides is 1. The van der Waals surface area contributed by atoms with E-state index in [0.717, 1.165) is 16.7 Å². The van der Waals surface area contributed by atoms with E-state index in [-0.39, 0.29) is 19.1 Å². The zero-order valence-corrected chi connectivity index (χ0v) is 14.8. The molecule has 0 bridgehead atoms. The molecule has 2 N–H and O–H groups in total. The molecule has 0 radical (unpaired) electrons. The standard InChI is InChI=1S/C21H21NO4/c1-14-9-15(2)11-19(10-14)25-13-21(24)22-17-5-3-16(4-6-17)20-8-7-18(12-23)26-20/h3-11,23H,12-13H2,1-2H3,(H,22,24). The number of furan rings is 1. The lowest BCUT2D eigenvalue weighted by atomic mass is 10.1. The molecule has 2 aromatic carbocycles. The van der Waals surface area contributed by atoms with Crippen molar-refractivity contribution in [2.45, 2.75) is 20.5 Å². The van der Waals surface area contributed by atoms with Gasteiger partial charge in [0, 0.05) is 11.3 Å². The van der Waals surface area contributed by atoms with E-state index in [4.69, 9.17) is 14.3 Å². The van der Waals surface area contributed by atoms with Gasteiger partial charge >= 0.3 is 0 Å². The first-order valence-electron chi connectivity index (χ1n) is 8.34. The average molecular weight is 351 g/mol. The molecule has 0 aliphatic rings. The Labute approximate surface area is 152 Å². The van der Waals surface area contributed by atoms with Crippen molar-refractivity contribution in [1.29, 1.82) is 0 Å². The number of carbonyl (C=O) groups is 1. The predicted molar refractivity (Wildman–Crippen MR) is 100 cm³/mol. The summed E-state index contributed by atoms with van der Waals surface area (Å²) in [5.41, 5.74) is 3.74. The Morgan fingerprint density at radius 2 is 1.73 bits per heavy atom. The summed E-state index contributed by atoms with van der Waals surface area (Å²) in [6.45, 7) is 3.80. The lowest BCUT2D eigenvalue weighted by molar-refractivity contribution is -0.118. The zero-order chi connectivity index (χ0) is 18.5. The number of benzene rings is 2. The molecule has 0 spiro atoms. The second-order valence-corrected chi connectivity index (χ2v) is 6.16. The third kappa shape index (κ3) is 4.52. The molecule has 5 nitrogen and oxygen atoms in total. The number of anilines is 1. The molecule has 3 rings (SSSR count). The van der Waals surface area contributed by atoms with Crippen molar-refractivity contribution in [3.63, 3.8) is 0 Å². The maximum atomic E-state index is 12.1. The molecule has 1 aromatic heterocycles. The highest BCUT2D eigenvalue weighted by molar-refractivity contribution is 5.92. The summed E-state index contributed by atoms with van der Waals surface area (Å²) in [5, 5.41) is 11.9. The van der Waals surface area contributed by atoms with Crippen LogP contribution in [0, 0.1) is 13.8 Å². The number of nitrogens with one attached hydrogen (secondary N) is 1. The fourth-order valence-electron chi connectivity index (χ4n) is 2.70. The summed E-state index contributed by atoms with van der Waals surface area (Å²) in [6.07, 6.45) is 0. The number of hydrogen-bond donors (Lipinski definition) is 2. The van der Waals surface area contributed by atoms with Gasteiger partial charge in [0.25, 0.3) is 5.91 Å². The smallest absolute Gasteiger partial charge is 0.262 e. The second-order valence-electron chi connectivity index (χ2n) is 6.16. The Morgan fingerprint density at radius 1 is 1.04 bits per heavy atom. The van der Waals surface area contributed by atoms with Crippen LogP contribution in [-0.4, -0.2) is 17.6 Å². The van der Waals surface area contributed by atoms with Gasteiger partial charge in [-0.2, -0.15) is 0 Å². The fraction of sp³-hybridized carbons (Fsp3) is 0.190. The molecule has 134 valence electrons. The predicted octanol–water partition coefficient (Wildman–Crippen LogP) is 4.07. The van der Waals surface area contributed by atoms with Gasteiger partial charge in [0.05, 0.1) is 0 Å². The molecule has 26 heavy (non-hydrogen) atoms. The number of carbonyl (C=O) groups excluding carboxylic acids is 1. The molecule has 0 aliphatic carbocycles. The van der Waals surface area contributed by atoms with Crippen molar-refractivity contribution >= 4 is 11.6 Å². The maximum Gasteiger partial charge on any atom is 0.262 e. The number of ether oxygens (including phenoxy) is 1. The Kier molecular flexibility index (Phi) is 5.39. The first-order chi connectivity index (χ1) is 12.5. The monoisotopic (exact) mass is 351 g/mol. The summed E-state index contributed by atoms with van der Waals surface area (Å²) in [5.74, 6) is 1.65. The summed E-state index contributed by atoms with van der Waals surface area (Å²) in [6, 6.07) is 16.7. The van der Waals surface area contributed by atoms with Crippen molar-refractivity contribution < 1.29 is 19.1 Å². The van der Waals surface area contributed by atoms with E-state index in [1.807, 2.05) is 38.1 Å². The minimum atomic E-state index is -0.225. The van der Waals surface area contributed by atoms with Gasteiger partial charge in [-0.15, -0.1) is 0 Å². The minimum absolute atomic E-state index is 0.0529. The van der Waals surface area contributed by atoms with Crippen LogP contribution in [0.3, 0.4) is 0 Å². The van der Waals surface area contributed by atoms with Gasteiger partial charge in [-0.3, -0.25) is 4.79 Å². The van der Waals surface area contributed by atoms with E-state index in [1.165, 1.54) is 0 Å². The fourth-order valence-corrected chi connectivity index (χ4v) is 2.70. The van der Waals surface area contributed by atoms with Crippen LogP contribution < -0.4 is 10.1 Å². The van der Waals surface area contributed by atoms with Gasteiger partial charge < -0.3 is 19.6 Å².